The van der Waals surface area contributed by atoms with Gasteiger partial charge in [-0.05, 0) is 46.8 Å². The van der Waals surface area contributed by atoms with Crippen molar-refractivity contribution in [3.63, 3.8) is 0 Å². The summed E-state index contributed by atoms with van der Waals surface area (Å²) >= 11 is 8.87. The number of hydrogen-bond donors (Lipinski definition) is 1. The van der Waals surface area contributed by atoms with Crippen LogP contribution in [0.25, 0.3) is 22.2 Å². The van der Waals surface area contributed by atoms with Gasteiger partial charge in [0.2, 0.25) is 4.77 Å². The Bertz CT molecular complexity index is 1140. The molecular weight excluding hydrogens is 396 g/mol. The van der Waals surface area contributed by atoms with Crippen LogP contribution in [0.15, 0.2) is 76.3 Å². The lowest BCUT2D eigenvalue weighted by Crippen LogP contribution is -1.95. The second-order valence-corrected chi connectivity index (χ2v) is 6.74. The van der Waals surface area contributed by atoms with E-state index in [0.717, 1.165) is 15.6 Å². The molecule has 0 aliphatic heterocycles. The normalized spacial score (nSPS) is 11.4. The van der Waals surface area contributed by atoms with Crippen LogP contribution in [0.5, 0.6) is 0 Å². The van der Waals surface area contributed by atoms with Gasteiger partial charge >= 0.3 is 0 Å². The molecule has 0 fully saturated rings. The van der Waals surface area contributed by atoms with E-state index in [1.165, 1.54) is 10.8 Å². The zero-order valence-corrected chi connectivity index (χ0v) is 15.5. The van der Waals surface area contributed by atoms with E-state index in [-0.39, 0.29) is 0 Å². The highest BCUT2D eigenvalue weighted by Crippen LogP contribution is 2.26. The molecule has 0 amide bonds. The first-order valence-electron chi connectivity index (χ1n) is 7.68. The maximum atomic E-state index is 5.32. The van der Waals surface area contributed by atoms with Crippen LogP contribution in [0.2, 0.25) is 0 Å². The lowest BCUT2D eigenvalue weighted by molar-refractivity contribution is 0.871. The fraction of sp³-hybridized carbons (Fsp3) is 0. The molecule has 6 heteroatoms. The number of aromatic amines is 1. The molecule has 25 heavy (non-hydrogen) atoms. The van der Waals surface area contributed by atoms with E-state index in [1.54, 1.807) is 10.9 Å². The van der Waals surface area contributed by atoms with E-state index in [4.69, 9.17) is 12.2 Å². The van der Waals surface area contributed by atoms with E-state index in [9.17, 15) is 0 Å². The Labute approximate surface area is 158 Å². The third-order valence-corrected chi connectivity index (χ3v) is 4.82. The standard InChI is InChI=1S/C19H13BrN4S/c20-17-8-4-3-7-16(17)18-22-23-19(25)24(18)21-12-13-9-10-14-5-1-2-6-15(14)11-13/h1-12H,(H,23,25)/b21-12-. The maximum absolute atomic E-state index is 5.32. The summed E-state index contributed by atoms with van der Waals surface area (Å²) in [5.41, 5.74) is 1.92. The van der Waals surface area contributed by atoms with Crippen LogP contribution < -0.4 is 0 Å². The van der Waals surface area contributed by atoms with Crippen LogP contribution in [0, 0.1) is 4.77 Å². The van der Waals surface area contributed by atoms with Crippen molar-refractivity contribution in [2.45, 2.75) is 0 Å². The number of fused-ring (bicyclic) bond motifs is 1. The summed E-state index contributed by atoms with van der Waals surface area (Å²) in [6.45, 7) is 0. The van der Waals surface area contributed by atoms with Crippen LogP contribution in [-0.2, 0) is 0 Å². The molecule has 3 aromatic carbocycles. The van der Waals surface area contributed by atoms with Crippen molar-refractivity contribution in [3.8, 4) is 11.4 Å². The van der Waals surface area contributed by atoms with Crippen LogP contribution in [0.1, 0.15) is 5.56 Å². The number of nitrogens with zero attached hydrogens (tertiary/aromatic N) is 3. The maximum Gasteiger partial charge on any atom is 0.216 e. The van der Waals surface area contributed by atoms with Gasteiger partial charge < -0.3 is 0 Å². The Morgan fingerprint density at radius 3 is 2.60 bits per heavy atom. The fourth-order valence-electron chi connectivity index (χ4n) is 2.63. The van der Waals surface area contributed by atoms with Crippen molar-refractivity contribution in [2.24, 2.45) is 5.10 Å². The molecule has 1 aromatic heterocycles. The number of nitrogens with one attached hydrogen (secondary N) is 1. The van der Waals surface area contributed by atoms with Crippen molar-refractivity contribution < 1.29 is 0 Å². The van der Waals surface area contributed by atoms with Crippen molar-refractivity contribution in [1.29, 1.82) is 0 Å². The molecule has 0 radical (unpaired) electrons. The molecule has 122 valence electrons. The van der Waals surface area contributed by atoms with Gasteiger partial charge in [-0.3, -0.25) is 0 Å². The van der Waals surface area contributed by atoms with Gasteiger partial charge in [0.15, 0.2) is 5.82 Å². The smallest absolute Gasteiger partial charge is 0.216 e. The van der Waals surface area contributed by atoms with E-state index in [1.807, 2.05) is 42.5 Å². The minimum atomic E-state index is 0.447. The van der Waals surface area contributed by atoms with Gasteiger partial charge in [0.1, 0.15) is 0 Å². The van der Waals surface area contributed by atoms with Gasteiger partial charge in [-0.25, -0.2) is 5.10 Å². The summed E-state index contributed by atoms with van der Waals surface area (Å²) in [7, 11) is 0. The molecule has 4 nitrogen and oxygen atoms in total. The predicted molar refractivity (Wildman–Crippen MR) is 107 cm³/mol. The molecule has 0 saturated carbocycles. The molecule has 0 unspecified atom stereocenters. The number of hydrogen-bond acceptors (Lipinski definition) is 3. The summed E-state index contributed by atoms with van der Waals surface area (Å²) in [4.78, 5) is 0. The van der Waals surface area contributed by atoms with Gasteiger partial charge in [0.25, 0.3) is 0 Å². The van der Waals surface area contributed by atoms with E-state index in [2.05, 4.69) is 55.5 Å². The molecule has 0 aliphatic rings. The van der Waals surface area contributed by atoms with Crippen LogP contribution in [0.4, 0.5) is 0 Å². The molecule has 0 bridgehead atoms. The highest BCUT2D eigenvalue weighted by atomic mass is 79.9. The first kappa shape index (κ1) is 15.9. The summed E-state index contributed by atoms with van der Waals surface area (Å²) in [5.74, 6) is 0.662. The van der Waals surface area contributed by atoms with E-state index < -0.39 is 0 Å². The molecule has 0 aliphatic carbocycles. The topological polar surface area (TPSA) is 46.0 Å². The third kappa shape index (κ3) is 3.18. The Balaban J connectivity index is 1.75. The number of benzene rings is 3. The van der Waals surface area contributed by atoms with E-state index >= 15 is 0 Å². The highest BCUT2D eigenvalue weighted by molar-refractivity contribution is 9.10. The zero-order chi connectivity index (χ0) is 17.2. The molecule has 0 saturated heterocycles. The van der Waals surface area contributed by atoms with Gasteiger partial charge in [0, 0.05) is 10.0 Å². The molecule has 0 spiro atoms. The average molecular weight is 409 g/mol. The molecule has 1 N–H and O–H groups in total. The number of rotatable bonds is 3. The van der Waals surface area contributed by atoms with Crippen LogP contribution >= 0.6 is 28.1 Å². The molecule has 4 aromatic rings. The minimum Gasteiger partial charge on any atom is -0.250 e. The summed E-state index contributed by atoms with van der Waals surface area (Å²) in [5, 5.41) is 14.0. The van der Waals surface area contributed by atoms with Gasteiger partial charge in [-0.1, -0.05) is 64.5 Å². The van der Waals surface area contributed by atoms with Crippen molar-refractivity contribution >= 4 is 45.1 Å². The SMILES string of the molecule is S=c1[nH]nc(-c2ccccc2Br)n1/N=C\c1ccc2ccccc2c1. The largest absolute Gasteiger partial charge is 0.250 e. The van der Waals surface area contributed by atoms with Crippen molar-refractivity contribution in [3.05, 3.63) is 81.5 Å². The Morgan fingerprint density at radius 2 is 1.76 bits per heavy atom. The first-order valence-corrected chi connectivity index (χ1v) is 8.88. The second kappa shape index (κ2) is 6.74. The van der Waals surface area contributed by atoms with Gasteiger partial charge in [0.05, 0.1) is 6.21 Å². The molecule has 1 heterocycles. The number of halogens is 1. The fourth-order valence-corrected chi connectivity index (χ4v) is 3.27. The molecular formula is C19H13BrN4S. The van der Waals surface area contributed by atoms with Crippen molar-refractivity contribution in [1.82, 2.24) is 14.9 Å². The average Bonchev–Trinajstić information content (AvgIpc) is 3.00. The van der Waals surface area contributed by atoms with E-state index in [0.29, 0.717) is 10.6 Å². The lowest BCUT2D eigenvalue weighted by Gasteiger charge is -2.03. The van der Waals surface area contributed by atoms with Gasteiger partial charge in [-0.2, -0.15) is 14.9 Å². The molecule has 0 atom stereocenters. The number of H-pyrrole nitrogens is 1. The minimum absolute atomic E-state index is 0.447. The summed E-state index contributed by atoms with van der Waals surface area (Å²) in [6, 6.07) is 22.3. The number of aromatic nitrogens is 3. The zero-order valence-electron chi connectivity index (χ0n) is 13.1. The third-order valence-electron chi connectivity index (χ3n) is 3.86. The van der Waals surface area contributed by atoms with Crippen LogP contribution in [-0.4, -0.2) is 21.1 Å². The second-order valence-electron chi connectivity index (χ2n) is 5.50. The summed E-state index contributed by atoms with van der Waals surface area (Å²) in [6.07, 6.45) is 1.79. The first-order chi connectivity index (χ1) is 12.2. The summed E-state index contributed by atoms with van der Waals surface area (Å²) < 4.78 is 3.01. The Kier molecular flexibility index (Phi) is 4.29. The van der Waals surface area contributed by atoms with Crippen molar-refractivity contribution in [2.75, 3.05) is 0 Å². The Morgan fingerprint density at radius 1 is 1.00 bits per heavy atom. The Hall–Kier alpha value is -2.57. The lowest BCUT2D eigenvalue weighted by atomic mass is 10.1. The monoisotopic (exact) mass is 408 g/mol. The molecule has 4 rings (SSSR count). The quantitative estimate of drug-likeness (QED) is 0.364. The van der Waals surface area contributed by atoms with Gasteiger partial charge in [-0.15, -0.1) is 0 Å². The van der Waals surface area contributed by atoms with Crippen LogP contribution in [0.3, 0.4) is 0 Å². The predicted octanol–water partition coefficient (Wildman–Crippen LogP) is 5.41. The highest BCUT2D eigenvalue weighted by Gasteiger charge is 2.10.